The molecule has 0 aliphatic carbocycles. The molecular formula is C19H23NO2S. The maximum atomic E-state index is 13.0. The van der Waals surface area contributed by atoms with Crippen LogP contribution in [-0.4, -0.2) is 34.0 Å². The van der Waals surface area contributed by atoms with Crippen LogP contribution >= 0.6 is 0 Å². The molecule has 1 heterocycles. The van der Waals surface area contributed by atoms with E-state index in [4.69, 9.17) is 0 Å². The highest BCUT2D eigenvalue weighted by Gasteiger charge is 2.33. The molecule has 0 spiro atoms. The van der Waals surface area contributed by atoms with Crippen molar-refractivity contribution >= 4 is 9.84 Å². The fraction of sp³-hybridized carbons (Fsp3) is 0.368. The molecular weight excluding hydrogens is 306 g/mol. The minimum absolute atomic E-state index is 0.129. The number of rotatable bonds is 4. The Bertz CT molecular complexity index is 797. The minimum atomic E-state index is -3.20. The Balaban J connectivity index is 2.07. The first kappa shape index (κ1) is 16.2. The molecule has 2 aromatic carbocycles. The van der Waals surface area contributed by atoms with Crippen molar-refractivity contribution in [2.24, 2.45) is 0 Å². The lowest BCUT2D eigenvalue weighted by Gasteiger charge is -2.19. The van der Waals surface area contributed by atoms with Gasteiger partial charge in [0.25, 0.3) is 0 Å². The molecule has 1 unspecified atom stereocenters. The molecule has 0 saturated heterocycles. The van der Waals surface area contributed by atoms with Crippen LogP contribution in [0.2, 0.25) is 0 Å². The summed E-state index contributed by atoms with van der Waals surface area (Å²) >= 11 is 0. The van der Waals surface area contributed by atoms with Gasteiger partial charge in [0.2, 0.25) is 0 Å². The fourth-order valence-corrected chi connectivity index (χ4v) is 5.38. The van der Waals surface area contributed by atoms with Gasteiger partial charge < -0.3 is 4.90 Å². The summed E-state index contributed by atoms with van der Waals surface area (Å²) in [6.07, 6.45) is 1.55. The second kappa shape index (κ2) is 6.46. The van der Waals surface area contributed by atoms with Crippen LogP contribution in [0.15, 0.2) is 48.5 Å². The van der Waals surface area contributed by atoms with Crippen molar-refractivity contribution in [3.8, 4) is 11.1 Å². The van der Waals surface area contributed by atoms with Crippen LogP contribution in [0.5, 0.6) is 0 Å². The van der Waals surface area contributed by atoms with Crippen LogP contribution in [0.3, 0.4) is 0 Å². The Morgan fingerprint density at radius 2 is 1.65 bits per heavy atom. The quantitative estimate of drug-likeness (QED) is 0.859. The number of sulfone groups is 1. The zero-order chi connectivity index (χ0) is 16.4. The molecule has 23 heavy (non-hydrogen) atoms. The van der Waals surface area contributed by atoms with Crippen molar-refractivity contribution in [3.63, 3.8) is 0 Å². The zero-order valence-electron chi connectivity index (χ0n) is 13.7. The lowest BCUT2D eigenvalue weighted by molar-refractivity contribution is 0.392. The van der Waals surface area contributed by atoms with Gasteiger partial charge in [-0.1, -0.05) is 48.5 Å². The highest BCUT2D eigenvalue weighted by atomic mass is 32.2. The minimum Gasteiger partial charge on any atom is -0.309 e. The van der Waals surface area contributed by atoms with Crippen LogP contribution in [0.4, 0.5) is 0 Å². The van der Waals surface area contributed by atoms with Gasteiger partial charge in [-0.25, -0.2) is 8.42 Å². The average molecular weight is 329 g/mol. The molecule has 3 nitrogen and oxygen atoms in total. The van der Waals surface area contributed by atoms with Crippen molar-refractivity contribution in [1.29, 1.82) is 0 Å². The normalized spacial score (nSPS) is 19.0. The third-order valence-corrected chi connectivity index (χ3v) is 6.55. The predicted molar refractivity (Wildman–Crippen MR) is 95.0 cm³/mol. The molecule has 2 aromatic rings. The fourth-order valence-electron chi connectivity index (χ4n) is 3.37. The molecule has 0 radical (unpaired) electrons. The Kier molecular flexibility index (Phi) is 4.55. The Morgan fingerprint density at radius 3 is 2.39 bits per heavy atom. The molecule has 0 amide bonds. The molecule has 3 rings (SSSR count). The lowest BCUT2D eigenvalue weighted by Crippen LogP contribution is -2.18. The van der Waals surface area contributed by atoms with E-state index >= 15 is 0 Å². The van der Waals surface area contributed by atoms with Crippen LogP contribution < -0.4 is 0 Å². The van der Waals surface area contributed by atoms with Gasteiger partial charge in [-0.15, -0.1) is 0 Å². The number of fused-ring (bicyclic) bond motifs is 3. The van der Waals surface area contributed by atoms with E-state index in [0.29, 0.717) is 6.42 Å². The second-order valence-electron chi connectivity index (χ2n) is 6.49. The summed E-state index contributed by atoms with van der Waals surface area (Å²) in [4.78, 5) is 2.10. The zero-order valence-corrected chi connectivity index (χ0v) is 14.5. The Hall–Kier alpha value is -1.65. The molecule has 4 heteroatoms. The number of benzene rings is 2. The van der Waals surface area contributed by atoms with Gasteiger partial charge in [0.1, 0.15) is 0 Å². The van der Waals surface area contributed by atoms with Crippen molar-refractivity contribution in [3.05, 3.63) is 59.7 Å². The Labute approximate surface area is 138 Å². The number of nitrogens with zero attached hydrogens (tertiary/aromatic N) is 1. The van der Waals surface area contributed by atoms with E-state index in [9.17, 15) is 8.42 Å². The topological polar surface area (TPSA) is 37.4 Å². The first-order valence-corrected chi connectivity index (χ1v) is 9.74. The molecule has 0 fully saturated rings. The largest absolute Gasteiger partial charge is 0.309 e. The van der Waals surface area contributed by atoms with E-state index in [0.717, 1.165) is 35.2 Å². The predicted octanol–water partition coefficient (Wildman–Crippen LogP) is 3.66. The van der Waals surface area contributed by atoms with Gasteiger partial charge >= 0.3 is 0 Å². The van der Waals surface area contributed by atoms with Crippen LogP contribution in [0.1, 0.15) is 29.2 Å². The van der Waals surface area contributed by atoms with Crippen molar-refractivity contribution in [1.82, 2.24) is 4.90 Å². The van der Waals surface area contributed by atoms with Gasteiger partial charge in [-0.3, -0.25) is 0 Å². The summed E-state index contributed by atoms with van der Waals surface area (Å²) in [6.45, 7) is 0.904. The second-order valence-corrected chi connectivity index (χ2v) is 8.67. The summed E-state index contributed by atoms with van der Waals surface area (Å²) in [7, 11) is 0.835. The summed E-state index contributed by atoms with van der Waals surface area (Å²) in [5, 5.41) is -0.411. The maximum Gasteiger partial charge on any atom is 0.161 e. The first-order valence-electron chi connectivity index (χ1n) is 8.02. The van der Waals surface area contributed by atoms with E-state index in [-0.39, 0.29) is 5.75 Å². The van der Waals surface area contributed by atoms with E-state index in [1.54, 1.807) is 0 Å². The molecule has 1 aliphatic rings. The molecule has 0 bridgehead atoms. The third kappa shape index (κ3) is 3.33. The third-order valence-electron chi connectivity index (χ3n) is 4.48. The van der Waals surface area contributed by atoms with Crippen molar-refractivity contribution in [2.75, 3.05) is 20.6 Å². The summed E-state index contributed by atoms with van der Waals surface area (Å²) in [6, 6.07) is 15.8. The van der Waals surface area contributed by atoms with Gasteiger partial charge in [-0.05, 0) is 55.7 Å². The van der Waals surface area contributed by atoms with Gasteiger partial charge in [0.05, 0.1) is 11.0 Å². The standard InChI is InChI=1S/C19H23NO2S/c1-20(2)13-7-12-19-18-11-6-5-10-17(18)16-9-4-3-8-15(16)14-23(19,21)22/h3-6,8-11,19H,7,12-14H2,1-2H3. The van der Waals surface area contributed by atoms with Gasteiger partial charge in [-0.2, -0.15) is 0 Å². The van der Waals surface area contributed by atoms with E-state index < -0.39 is 15.1 Å². The van der Waals surface area contributed by atoms with E-state index in [1.807, 2.05) is 62.6 Å². The van der Waals surface area contributed by atoms with Gasteiger partial charge in [0, 0.05) is 0 Å². The van der Waals surface area contributed by atoms with Crippen LogP contribution in [0.25, 0.3) is 11.1 Å². The molecule has 0 N–H and O–H groups in total. The maximum absolute atomic E-state index is 13.0. The summed E-state index contributed by atoms with van der Waals surface area (Å²) in [5.41, 5.74) is 3.99. The molecule has 0 saturated carbocycles. The van der Waals surface area contributed by atoms with Gasteiger partial charge in [0.15, 0.2) is 9.84 Å². The summed E-state index contributed by atoms with van der Waals surface area (Å²) in [5.74, 6) is 0.129. The summed E-state index contributed by atoms with van der Waals surface area (Å²) < 4.78 is 26.0. The molecule has 1 aliphatic heterocycles. The smallest absolute Gasteiger partial charge is 0.161 e. The van der Waals surface area contributed by atoms with Crippen molar-refractivity contribution in [2.45, 2.75) is 23.8 Å². The highest BCUT2D eigenvalue weighted by molar-refractivity contribution is 7.90. The SMILES string of the molecule is CN(C)CCCC1c2ccccc2-c2ccccc2CS1(=O)=O. The average Bonchev–Trinajstić information content (AvgIpc) is 2.60. The van der Waals surface area contributed by atoms with Crippen molar-refractivity contribution < 1.29 is 8.42 Å². The lowest BCUT2D eigenvalue weighted by atomic mass is 9.93. The Morgan fingerprint density at radius 1 is 1.00 bits per heavy atom. The first-order chi connectivity index (χ1) is 11.0. The molecule has 122 valence electrons. The highest BCUT2D eigenvalue weighted by Crippen LogP contribution is 2.41. The van der Waals surface area contributed by atoms with Crippen LogP contribution in [-0.2, 0) is 15.6 Å². The van der Waals surface area contributed by atoms with E-state index in [2.05, 4.69) is 4.90 Å². The number of hydrogen-bond acceptors (Lipinski definition) is 3. The number of hydrogen-bond donors (Lipinski definition) is 0. The molecule has 0 aromatic heterocycles. The molecule has 1 atom stereocenters. The van der Waals surface area contributed by atoms with Crippen LogP contribution in [0, 0.1) is 0 Å². The van der Waals surface area contributed by atoms with E-state index in [1.165, 1.54) is 0 Å². The monoisotopic (exact) mass is 329 g/mol.